The Morgan fingerprint density at radius 1 is 1.11 bits per heavy atom. The molecule has 5 rings (SSSR count). The van der Waals surface area contributed by atoms with Gasteiger partial charge < -0.3 is 20.1 Å². The van der Waals surface area contributed by atoms with Crippen LogP contribution in [0.2, 0.25) is 0 Å². The highest BCUT2D eigenvalue weighted by Gasteiger charge is 2.60. The lowest BCUT2D eigenvalue weighted by atomic mass is 9.78. The number of carbonyl (C=O) groups excluding carboxylic acids is 2. The summed E-state index contributed by atoms with van der Waals surface area (Å²) in [5.74, 6) is 0.402. The number of urea groups is 1. The molecule has 2 aliphatic rings. The van der Waals surface area contributed by atoms with Crippen LogP contribution in [-0.2, 0) is 4.79 Å². The van der Waals surface area contributed by atoms with Crippen LogP contribution in [0, 0.1) is 19.8 Å². The maximum Gasteiger partial charge on any atom is 0.325 e. The Bertz CT molecular complexity index is 1290. The second-order valence-corrected chi connectivity index (χ2v) is 9.17. The maximum atomic E-state index is 13.9. The Kier molecular flexibility index (Phi) is 5.63. The number of hydrogen-bond acceptors (Lipinski definition) is 4. The SMILES string of the molecule is CCOc1ccc(N2C(=O)N[C@H]3c4ccccc4O[C@@]2(C)[C@H]3C(=O)Nc2ccc(C)cc2C)cc1. The number of nitrogens with zero attached hydrogens (tertiary/aromatic N) is 1. The van der Waals surface area contributed by atoms with Crippen LogP contribution in [-0.4, -0.2) is 24.3 Å². The van der Waals surface area contributed by atoms with Gasteiger partial charge in [0.05, 0.1) is 12.6 Å². The van der Waals surface area contributed by atoms with E-state index in [-0.39, 0.29) is 11.9 Å². The van der Waals surface area contributed by atoms with Gasteiger partial charge in [0.1, 0.15) is 17.4 Å². The number of anilines is 2. The third-order valence-corrected chi connectivity index (χ3v) is 6.74. The molecule has 0 radical (unpaired) electrons. The number of amides is 3. The summed E-state index contributed by atoms with van der Waals surface area (Å²) in [6, 6.07) is 19.8. The second kappa shape index (κ2) is 8.65. The topological polar surface area (TPSA) is 79.9 Å². The number of carbonyl (C=O) groups is 2. The third-order valence-electron chi connectivity index (χ3n) is 6.74. The van der Waals surface area contributed by atoms with E-state index in [0.717, 1.165) is 22.4 Å². The standard InChI is InChI=1S/C28H29N3O4/c1-5-34-20-13-11-19(12-14-20)31-27(33)30-25-21-8-6-7-9-23(21)35-28(31,4)24(25)26(32)29-22-15-10-17(2)16-18(22)3/h6-16,24-25H,5H2,1-4H3,(H,29,32)(H,30,33)/t24-,25+,28+/m1/s1. The van der Waals surface area contributed by atoms with E-state index in [1.807, 2.05) is 75.4 Å². The predicted molar refractivity (Wildman–Crippen MR) is 135 cm³/mol. The zero-order valence-electron chi connectivity index (χ0n) is 20.3. The zero-order valence-corrected chi connectivity index (χ0v) is 20.3. The van der Waals surface area contributed by atoms with Gasteiger partial charge in [-0.2, -0.15) is 0 Å². The minimum absolute atomic E-state index is 0.227. The summed E-state index contributed by atoms with van der Waals surface area (Å²) >= 11 is 0. The predicted octanol–water partition coefficient (Wildman–Crippen LogP) is 5.34. The number of nitrogens with one attached hydrogen (secondary N) is 2. The summed E-state index contributed by atoms with van der Waals surface area (Å²) in [4.78, 5) is 28.8. The van der Waals surface area contributed by atoms with Gasteiger partial charge in [-0.25, -0.2) is 4.79 Å². The van der Waals surface area contributed by atoms with Crippen LogP contribution < -0.4 is 25.0 Å². The Morgan fingerprint density at radius 3 is 2.57 bits per heavy atom. The van der Waals surface area contributed by atoms with E-state index in [1.165, 1.54) is 4.90 Å². The number of ether oxygens (including phenoxy) is 2. The third kappa shape index (κ3) is 3.87. The van der Waals surface area contributed by atoms with Crippen LogP contribution in [0.15, 0.2) is 66.7 Å². The van der Waals surface area contributed by atoms with Crippen molar-refractivity contribution < 1.29 is 19.1 Å². The normalized spacial score (nSPS) is 22.5. The first-order valence-electron chi connectivity index (χ1n) is 11.8. The number of benzene rings is 3. The molecule has 0 spiro atoms. The molecule has 2 heterocycles. The lowest BCUT2D eigenvalue weighted by Gasteiger charge is -2.54. The molecule has 3 aromatic rings. The smallest absolute Gasteiger partial charge is 0.325 e. The van der Waals surface area contributed by atoms with Gasteiger partial charge in [-0.05, 0) is 69.7 Å². The van der Waals surface area contributed by atoms with Crippen LogP contribution in [0.5, 0.6) is 11.5 Å². The highest BCUT2D eigenvalue weighted by molar-refractivity contribution is 6.01. The molecule has 0 aliphatic carbocycles. The summed E-state index contributed by atoms with van der Waals surface area (Å²) in [7, 11) is 0. The number of fused-ring (bicyclic) bond motifs is 4. The summed E-state index contributed by atoms with van der Waals surface area (Å²) in [6.45, 7) is 8.24. The molecule has 2 N–H and O–H groups in total. The van der Waals surface area contributed by atoms with Gasteiger partial charge in [0.2, 0.25) is 11.6 Å². The van der Waals surface area contributed by atoms with Crippen molar-refractivity contribution in [1.82, 2.24) is 5.32 Å². The molecule has 0 aromatic heterocycles. The Labute approximate surface area is 205 Å². The molecular weight excluding hydrogens is 442 g/mol. The van der Waals surface area contributed by atoms with Crippen LogP contribution in [0.1, 0.15) is 36.6 Å². The first-order valence-corrected chi connectivity index (χ1v) is 11.8. The van der Waals surface area contributed by atoms with E-state index < -0.39 is 17.7 Å². The average Bonchev–Trinajstić information content (AvgIpc) is 2.81. The van der Waals surface area contributed by atoms with E-state index >= 15 is 0 Å². The maximum absolute atomic E-state index is 13.9. The molecular formula is C28H29N3O4. The largest absolute Gasteiger partial charge is 0.494 e. The molecule has 2 bridgehead atoms. The molecule has 7 nitrogen and oxygen atoms in total. The molecule has 0 unspecified atom stereocenters. The van der Waals surface area contributed by atoms with Crippen molar-refractivity contribution in [3.8, 4) is 11.5 Å². The van der Waals surface area contributed by atoms with Gasteiger partial charge in [-0.3, -0.25) is 9.69 Å². The fourth-order valence-electron chi connectivity index (χ4n) is 5.14. The lowest BCUT2D eigenvalue weighted by molar-refractivity contribution is -0.131. The van der Waals surface area contributed by atoms with Gasteiger partial charge in [0.25, 0.3) is 0 Å². The number of aryl methyl sites for hydroxylation is 2. The first-order chi connectivity index (χ1) is 16.8. The monoisotopic (exact) mass is 471 g/mol. The summed E-state index contributed by atoms with van der Waals surface area (Å²) < 4.78 is 12.1. The molecule has 180 valence electrons. The Balaban J connectivity index is 1.58. The summed E-state index contributed by atoms with van der Waals surface area (Å²) in [5, 5.41) is 6.16. The highest BCUT2D eigenvalue weighted by atomic mass is 16.5. The van der Waals surface area contributed by atoms with Crippen molar-refractivity contribution in [3.63, 3.8) is 0 Å². The Hall–Kier alpha value is -4.00. The van der Waals surface area contributed by atoms with Gasteiger partial charge in [-0.1, -0.05) is 35.9 Å². The van der Waals surface area contributed by atoms with Gasteiger partial charge >= 0.3 is 6.03 Å². The molecule has 35 heavy (non-hydrogen) atoms. The fraction of sp³-hybridized carbons (Fsp3) is 0.286. The molecule has 3 atom stereocenters. The van der Waals surface area contributed by atoms with Crippen molar-refractivity contribution in [1.29, 1.82) is 0 Å². The van der Waals surface area contributed by atoms with Crippen molar-refractivity contribution in [2.24, 2.45) is 5.92 Å². The zero-order chi connectivity index (χ0) is 24.7. The van der Waals surface area contributed by atoms with E-state index in [4.69, 9.17) is 9.47 Å². The molecule has 0 saturated carbocycles. The number of hydrogen-bond donors (Lipinski definition) is 2. The molecule has 1 fully saturated rings. The van der Waals surface area contributed by atoms with E-state index in [9.17, 15) is 9.59 Å². The van der Waals surface area contributed by atoms with E-state index in [1.54, 1.807) is 19.1 Å². The molecule has 7 heteroatoms. The van der Waals surface area contributed by atoms with Crippen LogP contribution in [0.4, 0.5) is 16.2 Å². The summed E-state index contributed by atoms with van der Waals surface area (Å²) in [5.41, 5.74) is 2.95. The molecule has 3 amide bonds. The van der Waals surface area contributed by atoms with Gasteiger partial charge in [0.15, 0.2) is 0 Å². The average molecular weight is 472 g/mol. The van der Waals surface area contributed by atoms with Crippen molar-refractivity contribution in [3.05, 3.63) is 83.4 Å². The quantitative estimate of drug-likeness (QED) is 0.527. The Morgan fingerprint density at radius 2 is 1.86 bits per heavy atom. The van der Waals surface area contributed by atoms with Crippen molar-refractivity contribution in [2.45, 2.75) is 39.5 Å². The fourth-order valence-corrected chi connectivity index (χ4v) is 5.14. The van der Waals surface area contributed by atoms with Crippen molar-refractivity contribution >= 4 is 23.3 Å². The minimum atomic E-state index is -1.27. The number of rotatable bonds is 5. The van der Waals surface area contributed by atoms with Crippen LogP contribution >= 0.6 is 0 Å². The van der Waals surface area contributed by atoms with Crippen LogP contribution in [0.25, 0.3) is 0 Å². The second-order valence-electron chi connectivity index (χ2n) is 9.17. The van der Waals surface area contributed by atoms with Gasteiger partial charge in [-0.15, -0.1) is 0 Å². The molecule has 1 saturated heterocycles. The first kappa shape index (κ1) is 22.8. The van der Waals surface area contributed by atoms with E-state index in [0.29, 0.717) is 23.8 Å². The highest BCUT2D eigenvalue weighted by Crippen LogP contribution is 2.49. The summed E-state index contributed by atoms with van der Waals surface area (Å²) in [6.07, 6.45) is 0. The van der Waals surface area contributed by atoms with Crippen molar-refractivity contribution in [2.75, 3.05) is 16.8 Å². The van der Waals surface area contributed by atoms with E-state index in [2.05, 4.69) is 10.6 Å². The minimum Gasteiger partial charge on any atom is -0.494 e. The molecule has 2 aliphatic heterocycles. The molecule has 3 aromatic carbocycles. The van der Waals surface area contributed by atoms with Gasteiger partial charge in [0, 0.05) is 16.9 Å². The lowest BCUT2D eigenvalue weighted by Crippen LogP contribution is -2.72. The van der Waals surface area contributed by atoms with Crippen LogP contribution in [0.3, 0.4) is 0 Å². The number of para-hydroxylation sites is 1.